The number of nitrogens with two attached hydrogens (primary N) is 1. The number of hydrogen-bond acceptors (Lipinski definition) is 5. The van der Waals surface area contributed by atoms with E-state index in [9.17, 15) is 13.2 Å². The van der Waals surface area contributed by atoms with Crippen LogP contribution in [0, 0.1) is 0 Å². The van der Waals surface area contributed by atoms with Crippen LogP contribution in [0.2, 0.25) is 0 Å². The summed E-state index contributed by atoms with van der Waals surface area (Å²) in [5.74, 6) is -0.124. The van der Waals surface area contributed by atoms with Crippen molar-refractivity contribution in [1.82, 2.24) is 4.90 Å². The minimum absolute atomic E-state index is 0.0116. The summed E-state index contributed by atoms with van der Waals surface area (Å²) in [6.07, 6.45) is 2.91. The van der Waals surface area contributed by atoms with E-state index in [1.165, 1.54) is 6.07 Å². The molecule has 7 heteroatoms. The summed E-state index contributed by atoms with van der Waals surface area (Å²) in [7, 11) is -3.59. The molecule has 25 heavy (non-hydrogen) atoms. The minimum atomic E-state index is -3.59. The lowest BCUT2D eigenvalue weighted by Crippen LogP contribution is -2.51. The number of hydrogen-bond donors (Lipinski definition) is 1. The molecule has 0 spiro atoms. The van der Waals surface area contributed by atoms with Gasteiger partial charge in [-0.3, -0.25) is 4.79 Å². The summed E-state index contributed by atoms with van der Waals surface area (Å²) in [4.78, 5) is 15.4. The molecule has 2 unspecified atom stereocenters. The summed E-state index contributed by atoms with van der Waals surface area (Å²) in [6.45, 7) is 2.58. The van der Waals surface area contributed by atoms with Crippen LogP contribution in [0.3, 0.4) is 0 Å². The monoisotopic (exact) mass is 378 g/mol. The first kappa shape index (κ1) is 18.1. The Hall–Kier alpha value is -1.70. The zero-order valence-electron chi connectivity index (χ0n) is 14.1. The van der Waals surface area contributed by atoms with Crippen LogP contribution in [0.4, 0.5) is 0 Å². The molecule has 1 fully saturated rings. The molecule has 1 aliphatic rings. The second-order valence-electron chi connectivity index (χ2n) is 6.36. The first-order valence-electron chi connectivity index (χ1n) is 8.38. The molecule has 1 amide bonds. The van der Waals surface area contributed by atoms with Gasteiger partial charge in [0.2, 0.25) is 9.84 Å². The highest BCUT2D eigenvalue weighted by Crippen LogP contribution is 2.30. The standard InChI is InChI=1S/C18H22N2O3S2/c1-13(19)15-9-5-6-12-20(15)18(21)16-10-11-17(24-16)25(22,23)14-7-3-2-4-8-14/h2-4,7-8,10-11,13,15H,5-6,9,12,19H2,1H3. The van der Waals surface area contributed by atoms with Crippen molar-refractivity contribution < 1.29 is 13.2 Å². The first-order valence-corrected chi connectivity index (χ1v) is 10.7. The average molecular weight is 379 g/mol. The maximum Gasteiger partial charge on any atom is 0.264 e. The molecule has 5 nitrogen and oxygen atoms in total. The van der Waals surface area contributed by atoms with E-state index >= 15 is 0 Å². The lowest BCUT2D eigenvalue weighted by molar-refractivity contribution is 0.0589. The van der Waals surface area contributed by atoms with Crippen molar-refractivity contribution in [3.8, 4) is 0 Å². The number of thiophene rings is 1. The quantitative estimate of drug-likeness (QED) is 0.887. The van der Waals surface area contributed by atoms with Crippen LogP contribution in [0.15, 0.2) is 51.6 Å². The van der Waals surface area contributed by atoms with E-state index in [0.29, 0.717) is 11.4 Å². The molecule has 0 radical (unpaired) electrons. The topological polar surface area (TPSA) is 80.5 Å². The van der Waals surface area contributed by atoms with Gasteiger partial charge in [-0.25, -0.2) is 8.42 Å². The summed E-state index contributed by atoms with van der Waals surface area (Å²) < 4.78 is 25.6. The second-order valence-corrected chi connectivity index (χ2v) is 9.62. The Bertz CT molecular complexity index is 844. The van der Waals surface area contributed by atoms with Crippen LogP contribution >= 0.6 is 11.3 Å². The first-order chi connectivity index (χ1) is 11.9. The van der Waals surface area contributed by atoms with Crippen molar-refractivity contribution in [2.75, 3.05) is 6.54 Å². The van der Waals surface area contributed by atoms with E-state index in [1.54, 1.807) is 41.3 Å². The van der Waals surface area contributed by atoms with Crippen LogP contribution in [0.25, 0.3) is 0 Å². The zero-order chi connectivity index (χ0) is 18.0. The van der Waals surface area contributed by atoms with Crippen molar-refractivity contribution in [3.05, 3.63) is 47.3 Å². The number of rotatable bonds is 4. The lowest BCUT2D eigenvalue weighted by Gasteiger charge is -2.37. The van der Waals surface area contributed by atoms with E-state index in [-0.39, 0.29) is 27.1 Å². The fraction of sp³-hybridized carbons (Fsp3) is 0.389. The molecular formula is C18H22N2O3S2. The predicted molar refractivity (Wildman–Crippen MR) is 98.5 cm³/mol. The molecule has 3 rings (SSSR count). The fourth-order valence-electron chi connectivity index (χ4n) is 3.19. The largest absolute Gasteiger partial charge is 0.333 e. The van der Waals surface area contributed by atoms with Gasteiger partial charge in [-0.15, -0.1) is 11.3 Å². The van der Waals surface area contributed by atoms with E-state index in [0.717, 1.165) is 30.6 Å². The predicted octanol–water partition coefficient (Wildman–Crippen LogP) is 2.92. The van der Waals surface area contributed by atoms with E-state index in [1.807, 2.05) is 6.92 Å². The Kier molecular flexibility index (Phi) is 5.27. The molecule has 1 aromatic carbocycles. The van der Waals surface area contributed by atoms with Crippen LogP contribution < -0.4 is 5.73 Å². The number of carbonyl (C=O) groups is 1. The van der Waals surface area contributed by atoms with Crippen molar-refractivity contribution in [3.63, 3.8) is 0 Å². The number of piperidine rings is 1. The van der Waals surface area contributed by atoms with Crippen molar-refractivity contribution in [2.45, 2.75) is 47.4 Å². The lowest BCUT2D eigenvalue weighted by atomic mass is 9.97. The highest BCUT2D eigenvalue weighted by Gasteiger charge is 2.31. The van der Waals surface area contributed by atoms with Crippen LogP contribution in [-0.4, -0.2) is 37.9 Å². The van der Waals surface area contributed by atoms with Crippen molar-refractivity contribution >= 4 is 27.1 Å². The number of sulfone groups is 1. The van der Waals surface area contributed by atoms with Crippen LogP contribution in [0.5, 0.6) is 0 Å². The van der Waals surface area contributed by atoms with Gasteiger partial charge < -0.3 is 10.6 Å². The smallest absolute Gasteiger partial charge is 0.264 e. The van der Waals surface area contributed by atoms with Crippen LogP contribution in [0.1, 0.15) is 35.9 Å². The molecule has 134 valence electrons. The Balaban J connectivity index is 1.87. The number of carbonyl (C=O) groups excluding carboxylic acids is 1. The van der Waals surface area contributed by atoms with Gasteiger partial charge in [0.25, 0.3) is 5.91 Å². The fourth-order valence-corrected chi connectivity index (χ4v) is 5.88. The highest BCUT2D eigenvalue weighted by atomic mass is 32.2. The number of likely N-dealkylation sites (tertiary alicyclic amines) is 1. The van der Waals surface area contributed by atoms with Gasteiger partial charge in [-0.05, 0) is 50.5 Å². The molecule has 1 aromatic heterocycles. The number of nitrogens with zero attached hydrogens (tertiary/aromatic N) is 1. The average Bonchev–Trinajstić information content (AvgIpc) is 3.13. The summed E-state index contributed by atoms with van der Waals surface area (Å²) in [5.41, 5.74) is 6.04. The van der Waals surface area contributed by atoms with E-state index in [4.69, 9.17) is 5.73 Å². The maximum atomic E-state index is 12.9. The molecule has 0 aliphatic carbocycles. The molecule has 0 bridgehead atoms. The molecule has 2 N–H and O–H groups in total. The highest BCUT2D eigenvalue weighted by molar-refractivity contribution is 7.93. The van der Waals surface area contributed by atoms with Gasteiger partial charge in [-0.1, -0.05) is 18.2 Å². The molecule has 1 saturated heterocycles. The molecule has 2 atom stereocenters. The van der Waals surface area contributed by atoms with Crippen LogP contribution in [-0.2, 0) is 9.84 Å². The Labute approximate surface area is 152 Å². The Morgan fingerprint density at radius 3 is 2.60 bits per heavy atom. The van der Waals surface area contributed by atoms with Gasteiger partial charge in [-0.2, -0.15) is 0 Å². The SMILES string of the molecule is CC(N)C1CCCCN1C(=O)c1ccc(S(=O)(=O)c2ccccc2)s1. The van der Waals surface area contributed by atoms with Gasteiger partial charge in [0.15, 0.2) is 0 Å². The normalized spacial score (nSPS) is 19.6. The number of amides is 1. The Morgan fingerprint density at radius 1 is 1.20 bits per heavy atom. The van der Waals surface area contributed by atoms with Gasteiger partial charge in [0.05, 0.1) is 9.77 Å². The van der Waals surface area contributed by atoms with E-state index in [2.05, 4.69) is 0 Å². The second kappa shape index (κ2) is 7.27. The summed E-state index contributed by atoms with van der Waals surface area (Å²) >= 11 is 1.03. The molecular weight excluding hydrogens is 356 g/mol. The molecule has 2 heterocycles. The number of benzene rings is 1. The zero-order valence-corrected chi connectivity index (χ0v) is 15.7. The molecule has 1 aliphatic heterocycles. The minimum Gasteiger partial charge on any atom is -0.333 e. The van der Waals surface area contributed by atoms with Gasteiger partial charge in [0, 0.05) is 18.6 Å². The van der Waals surface area contributed by atoms with Gasteiger partial charge in [0.1, 0.15) is 4.21 Å². The Morgan fingerprint density at radius 2 is 1.92 bits per heavy atom. The summed E-state index contributed by atoms with van der Waals surface area (Å²) in [6, 6.07) is 11.3. The van der Waals surface area contributed by atoms with Gasteiger partial charge >= 0.3 is 0 Å². The summed E-state index contributed by atoms with van der Waals surface area (Å²) in [5, 5.41) is 0. The maximum absolute atomic E-state index is 12.9. The third-order valence-electron chi connectivity index (χ3n) is 4.53. The van der Waals surface area contributed by atoms with Crippen molar-refractivity contribution in [1.29, 1.82) is 0 Å². The third kappa shape index (κ3) is 3.63. The van der Waals surface area contributed by atoms with E-state index < -0.39 is 9.84 Å². The van der Waals surface area contributed by atoms with Crippen molar-refractivity contribution in [2.24, 2.45) is 5.73 Å². The molecule has 0 saturated carbocycles. The third-order valence-corrected chi connectivity index (χ3v) is 7.86. The molecule has 2 aromatic rings.